The number of amides is 2. The number of pyridine rings is 1. The molecule has 2 N–H and O–H groups in total. The molecule has 5 rings (SSSR count). The quantitative estimate of drug-likeness (QED) is 0.689. The van der Waals surface area contributed by atoms with E-state index in [4.69, 9.17) is 0 Å². The first-order valence-electron chi connectivity index (χ1n) is 9.78. The molecule has 0 bridgehead atoms. The van der Waals surface area contributed by atoms with Crippen LogP contribution in [0, 0.1) is 0 Å². The van der Waals surface area contributed by atoms with Crippen LogP contribution in [0.25, 0.3) is 10.8 Å². The van der Waals surface area contributed by atoms with Gasteiger partial charge in [0.15, 0.2) is 0 Å². The second kappa shape index (κ2) is 6.44. The molecule has 1 saturated carbocycles. The first-order chi connectivity index (χ1) is 13.7. The molecule has 2 aliphatic rings. The molecule has 5 nitrogen and oxygen atoms in total. The van der Waals surface area contributed by atoms with Gasteiger partial charge in [-0.05, 0) is 48.1 Å². The highest BCUT2D eigenvalue weighted by atomic mass is 16.2. The lowest BCUT2D eigenvalue weighted by Crippen LogP contribution is -2.36. The largest absolute Gasteiger partial charge is 0.325 e. The van der Waals surface area contributed by atoms with Gasteiger partial charge >= 0.3 is 0 Å². The third-order valence-electron chi connectivity index (χ3n) is 6.07. The predicted molar refractivity (Wildman–Crippen MR) is 110 cm³/mol. The van der Waals surface area contributed by atoms with E-state index < -0.39 is 5.41 Å². The molecule has 2 amide bonds. The van der Waals surface area contributed by atoms with Gasteiger partial charge in [-0.3, -0.25) is 14.6 Å². The van der Waals surface area contributed by atoms with Gasteiger partial charge in [0, 0.05) is 23.0 Å². The number of hydrogen-bond acceptors (Lipinski definition) is 3. The number of benzene rings is 2. The molecule has 1 aromatic heterocycles. The molecule has 0 unspecified atom stereocenters. The number of carbonyl (C=O) groups excluding carboxylic acids is 2. The van der Waals surface area contributed by atoms with Gasteiger partial charge in [-0.2, -0.15) is 0 Å². The second-order valence-electron chi connectivity index (χ2n) is 7.69. The second-order valence-corrected chi connectivity index (χ2v) is 7.69. The highest BCUT2D eigenvalue weighted by Crippen LogP contribution is 2.48. The lowest BCUT2D eigenvalue weighted by molar-refractivity contribution is -0.121. The fourth-order valence-electron chi connectivity index (χ4n) is 4.63. The van der Waals surface area contributed by atoms with E-state index in [0.717, 1.165) is 47.7 Å². The Morgan fingerprint density at radius 1 is 1.04 bits per heavy atom. The summed E-state index contributed by atoms with van der Waals surface area (Å²) in [5.74, 6) is -0.145. The van der Waals surface area contributed by atoms with Crippen molar-refractivity contribution in [2.24, 2.45) is 0 Å². The molecule has 2 heterocycles. The van der Waals surface area contributed by atoms with Crippen molar-refractivity contribution in [2.75, 3.05) is 10.6 Å². The Balaban J connectivity index is 1.49. The minimum absolute atomic E-state index is 0.0985. The van der Waals surface area contributed by atoms with Gasteiger partial charge in [0.25, 0.3) is 5.91 Å². The SMILES string of the molecule is O=C(Nc1ccc2c(c1)C1(CCCCC1)C(=O)N2)c1nccc2ccccc12. The summed E-state index contributed by atoms with van der Waals surface area (Å²) in [6, 6.07) is 15.3. The molecule has 1 aliphatic carbocycles. The van der Waals surface area contributed by atoms with Crippen LogP contribution in [-0.4, -0.2) is 16.8 Å². The van der Waals surface area contributed by atoms with Gasteiger partial charge in [-0.1, -0.05) is 43.5 Å². The fourth-order valence-corrected chi connectivity index (χ4v) is 4.63. The summed E-state index contributed by atoms with van der Waals surface area (Å²) in [4.78, 5) is 29.9. The van der Waals surface area contributed by atoms with E-state index in [2.05, 4.69) is 15.6 Å². The summed E-state index contributed by atoms with van der Waals surface area (Å²) >= 11 is 0. The van der Waals surface area contributed by atoms with Gasteiger partial charge < -0.3 is 10.6 Å². The lowest BCUT2D eigenvalue weighted by Gasteiger charge is -2.31. The number of nitrogens with zero attached hydrogens (tertiary/aromatic N) is 1. The first-order valence-corrected chi connectivity index (χ1v) is 9.78. The Kier molecular flexibility index (Phi) is 3.90. The highest BCUT2D eigenvalue weighted by molar-refractivity contribution is 6.12. The van der Waals surface area contributed by atoms with Crippen LogP contribution >= 0.6 is 0 Å². The van der Waals surface area contributed by atoms with Crippen molar-refractivity contribution in [1.82, 2.24) is 4.98 Å². The van der Waals surface area contributed by atoms with E-state index in [-0.39, 0.29) is 11.8 Å². The number of rotatable bonds is 2. The molecule has 0 atom stereocenters. The summed E-state index contributed by atoms with van der Waals surface area (Å²) in [5.41, 5.74) is 2.54. The van der Waals surface area contributed by atoms with Gasteiger partial charge in [-0.25, -0.2) is 0 Å². The third-order valence-corrected chi connectivity index (χ3v) is 6.07. The smallest absolute Gasteiger partial charge is 0.274 e. The number of nitrogens with one attached hydrogen (secondary N) is 2. The normalized spacial score (nSPS) is 17.4. The summed E-state index contributed by atoms with van der Waals surface area (Å²) in [7, 11) is 0. The van der Waals surface area contributed by atoms with Crippen LogP contribution in [-0.2, 0) is 10.2 Å². The molecule has 3 aromatic rings. The molecule has 0 saturated heterocycles. The molecule has 1 spiro atoms. The van der Waals surface area contributed by atoms with Gasteiger partial charge in [0.2, 0.25) is 5.91 Å². The van der Waals surface area contributed by atoms with E-state index in [9.17, 15) is 9.59 Å². The summed E-state index contributed by atoms with van der Waals surface area (Å²) in [5, 5.41) is 7.81. The Morgan fingerprint density at radius 3 is 2.71 bits per heavy atom. The van der Waals surface area contributed by atoms with Crippen LogP contribution in [0.2, 0.25) is 0 Å². The van der Waals surface area contributed by atoms with Crippen molar-refractivity contribution >= 4 is 34.0 Å². The van der Waals surface area contributed by atoms with Crippen LogP contribution in [0.3, 0.4) is 0 Å². The summed E-state index contributed by atoms with van der Waals surface area (Å²) in [6.07, 6.45) is 6.68. The zero-order chi connectivity index (χ0) is 19.1. The maximum Gasteiger partial charge on any atom is 0.274 e. The molecular formula is C23H21N3O2. The first kappa shape index (κ1) is 16.9. The zero-order valence-electron chi connectivity index (χ0n) is 15.5. The Labute approximate surface area is 163 Å². The van der Waals surface area contributed by atoms with Gasteiger partial charge in [0.05, 0.1) is 5.41 Å². The van der Waals surface area contributed by atoms with Gasteiger partial charge in [-0.15, -0.1) is 0 Å². The molecule has 140 valence electrons. The predicted octanol–water partition coefficient (Wildman–Crippen LogP) is 4.64. The van der Waals surface area contributed by atoms with Crippen molar-refractivity contribution in [3.8, 4) is 0 Å². The molecule has 2 aromatic carbocycles. The van der Waals surface area contributed by atoms with Gasteiger partial charge in [0.1, 0.15) is 5.69 Å². The van der Waals surface area contributed by atoms with E-state index >= 15 is 0 Å². The number of aromatic nitrogens is 1. The van der Waals surface area contributed by atoms with Crippen LogP contribution in [0.5, 0.6) is 0 Å². The Morgan fingerprint density at radius 2 is 1.86 bits per heavy atom. The van der Waals surface area contributed by atoms with Crippen LogP contribution in [0.1, 0.15) is 48.2 Å². The average Bonchev–Trinajstić information content (AvgIpc) is 2.99. The molecule has 0 radical (unpaired) electrons. The fraction of sp³-hybridized carbons (Fsp3) is 0.261. The molecule has 5 heteroatoms. The number of anilines is 2. The van der Waals surface area contributed by atoms with Crippen molar-refractivity contribution < 1.29 is 9.59 Å². The Hall–Kier alpha value is -3.21. The third kappa shape index (κ3) is 2.58. The Bertz CT molecular complexity index is 1090. The topological polar surface area (TPSA) is 71.1 Å². The van der Waals surface area contributed by atoms with Crippen LogP contribution < -0.4 is 10.6 Å². The van der Waals surface area contributed by atoms with Crippen molar-refractivity contribution in [3.63, 3.8) is 0 Å². The number of fused-ring (bicyclic) bond motifs is 3. The summed E-state index contributed by atoms with van der Waals surface area (Å²) in [6.45, 7) is 0. The highest BCUT2D eigenvalue weighted by Gasteiger charge is 2.47. The maximum absolute atomic E-state index is 12.9. The minimum Gasteiger partial charge on any atom is -0.325 e. The molecule has 1 aliphatic heterocycles. The molecule has 28 heavy (non-hydrogen) atoms. The van der Waals surface area contributed by atoms with Crippen LogP contribution in [0.15, 0.2) is 54.7 Å². The van der Waals surface area contributed by atoms with E-state index in [1.54, 1.807) is 6.20 Å². The van der Waals surface area contributed by atoms with Crippen molar-refractivity contribution in [1.29, 1.82) is 0 Å². The van der Waals surface area contributed by atoms with Crippen molar-refractivity contribution in [2.45, 2.75) is 37.5 Å². The zero-order valence-corrected chi connectivity index (χ0v) is 15.5. The number of carbonyl (C=O) groups is 2. The molecular weight excluding hydrogens is 350 g/mol. The number of hydrogen-bond donors (Lipinski definition) is 2. The van der Waals surface area contributed by atoms with E-state index in [1.807, 2.05) is 48.5 Å². The molecule has 1 fully saturated rings. The maximum atomic E-state index is 12.9. The summed E-state index contributed by atoms with van der Waals surface area (Å²) < 4.78 is 0. The van der Waals surface area contributed by atoms with E-state index in [1.165, 1.54) is 6.42 Å². The standard InChI is InChI=1S/C23H21N3O2/c27-21(20-17-7-3-2-6-15(17)10-13-24-20)25-16-8-9-19-18(14-16)23(22(28)26-19)11-4-1-5-12-23/h2-3,6-10,13-14H,1,4-5,11-12H2,(H,25,27)(H,26,28). The lowest BCUT2D eigenvalue weighted by atomic mass is 9.70. The average molecular weight is 371 g/mol. The van der Waals surface area contributed by atoms with E-state index in [0.29, 0.717) is 11.4 Å². The monoisotopic (exact) mass is 371 g/mol. The van der Waals surface area contributed by atoms with Crippen molar-refractivity contribution in [3.05, 3.63) is 66.0 Å². The minimum atomic E-state index is -0.438. The van der Waals surface area contributed by atoms with Crippen LogP contribution in [0.4, 0.5) is 11.4 Å².